The SMILES string of the molecule is CCCCCCCCN(CCCCCCCCNC(N)=NCC1CC1)C(=O)N(CCCCCCCCNC(N)=NCC1CC1)CCCCCCCCNC(N)=NCC1CC1. The van der Waals surface area contributed by atoms with E-state index in [1.807, 2.05) is 0 Å². The first-order valence-electron chi connectivity index (χ1n) is 25.6. The molecule has 0 spiro atoms. The van der Waals surface area contributed by atoms with Gasteiger partial charge in [-0.1, -0.05) is 116 Å². The zero-order valence-electron chi connectivity index (χ0n) is 38.9. The van der Waals surface area contributed by atoms with Crippen molar-refractivity contribution in [2.75, 3.05) is 65.4 Å². The molecule has 2 amide bonds. The Balaban J connectivity index is 1.37. The highest BCUT2D eigenvalue weighted by molar-refractivity contribution is 5.78. The Labute approximate surface area is 368 Å². The Bertz CT molecular complexity index is 1100. The lowest BCUT2D eigenvalue weighted by Crippen LogP contribution is -2.45. The summed E-state index contributed by atoms with van der Waals surface area (Å²) in [6.07, 6.45) is 36.5. The number of amides is 2. The van der Waals surface area contributed by atoms with Gasteiger partial charge in [-0.2, -0.15) is 0 Å². The number of carbonyl (C=O) groups excluding carboxylic acids is 1. The third-order valence-electron chi connectivity index (χ3n) is 12.5. The molecule has 0 bridgehead atoms. The van der Waals surface area contributed by atoms with E-state index in [9.17, 15) is 4.79 Å². The first-order valence-corrected chi connectivity index (χ1v) is 25.6. The van der Waals surface area contributed by atoms with Crippen molar-refractivity contribution in [1.82, 2.24) is 25.8 Å². The third-order valence-corrected chi connectivity index (χ3v) is 12.5. The molecule has 0 aliphatic heterocycles. The van der Waals surface area contributed by atoms with Gasteiger partial charge >= 0.3 is 6.03 Å². The van der Waals surface area contributed by atoms with Crippen LogP contribution in [-0.4, -0.2) is 99.2 Å². The van der Waals surface area contributed by atoms with Crippen LogP contribution in [0, 0.1) is 17.8 Å². The molecule has 0 aromatic heterocycles. The molecule has 0 heterocycles. The van der Waals surface area contributed by atoms with E-state index in [2.05, 4.69) is 47.7 Å². The molecule has 0 saturated heterocycles. The van der Waals surface area contributed by atoms with E-state index in [4.69, 9.17) is 17.2 Å². The van der Waals surface area contributed by atoms with Crippen molar-refractivity contribution in [1.29, 1.82) is 0 Å². The number of unbranched alkanes of at least 4 members (excludes halogenated alkanes) is 20. The van der Waals surface area contributed by atoms with Gasteiger partial charge in [0.15, 0.2) is 17.9 Å². The number of carbonyl (C=O) groups is 1. The van der Waals surface area contributed by atoms with Crippen LogP contribution >= 0.6 is 0 Å². The van der Waals surface area contributed by atoms with Gasteiger partial charge in [-0.25, -0.2) is 4.79 Å². The van der Waals surface area contributed by atoms with Crippen LogP contribution in [0.3, 0.4) is 0 Å². The van der Waals surface area contributed by atoms with E-state index < -0.39 is 0 Å². The molecule has 0 radical (unpaired) electrons. The van der Waals surface area contributed by atoms with Crippen LogP contribution in [0.1, 0.15) is 200 Å². The summed E-state index contributed by atoms with van der Waals surface area (Å²) in [5.74, 6) is 4.14. The normalized spacial score (nSPS) is 16.0. The lowest BCUT2D eigenvalue weighted by atomic mass is 10.1. The fourth-order valence-corrected chi connectivity index (χ4v) is 7.69. The van der Waals surface area contributed by atoms with Gasteiger partial charge in [-0.05, 0) is 101 Å². The van der Waals surface area contributed by atoms with E-state index in [0.717, 1.165) is 128 Å². The van der Waals surface area contributed by atoms with Crippen molar-refractivity contribution in [3.05, 3.63) is 0 Å². The first kappa shape index (κ1) is 51.4. The second-order valence-electron chi connectivity index (χ2n) is 18.7. The summed E-state index contributed by atoms with van der Waals surface area (Å²) in [4.78, 5) is 32.2. The number of nitrogens with two attached hydrogens (primary N) is 3. The molecule has 9 N–H and O–H groups in total. The third kappa shape index (κ3) is 30.2. The minimum Gasteiger partial charge on any atom is -0.370 e. The molecule has 348 valence electrons. The number of nitrogens with one attached hydrogen (secondary N) is 3. The Morgan fingerprint density at radius 1 is 0.417 bits per heavy atom. The number of urea groups is 1. The molecule has 60 heavy (non-hydrogen) atoms. The summed E-state index contributed by atoms with van der Waals surface area (Å²) in [6.45, 7) is 11.2. The van der Waals surface area contributed by atoms with Crippen LogP contribution in [0.4, 0.5) is 4.79 Å². The quantitative estimate of drug-likeness (QED) is 0.0203. The highest BCUT2D eigenvalue weighted by Gasteiger charge is 2.22. The van der Waals surface area contributed by atoms with Crippen molar-refractivity contribution in [2.24, 2.45) is 49.9 Å². The summed E-state index contributed by atoms with van der Waals surface area (Å²) in [5, 5.41) is 9.86. The van der Waals surface area contributed by atoms with Crippen molar-refractivity contribution in [3.8, 4) is 0 Å². The van der Waals surface area contributed by atoms with Gasteiger partial charge in [0.05, 0.1) is 0 Å². The largest absolute Gasteiger partial charge is 0.370 e. The van der Waals surface area contributed by atoms with Crippen LogP contribution in [0.2, 0.25) is 0 Å². The maximum atomic E-state index is 14.3. The predicted octanol–water partition coefficient (Wildman–Crippen LogP) is 9.04. The molecule has 3 aliphatic rings. The fourth-order valence-electron chi connectivity index (χ4n) is 7.69. The van der Waals surface area contributed by atoms with E-state index in [0.29, 0.717) is 17.9 Å². The Morgan fingerprint density at radius 3 is 0.933 bits per heavy atom. The summed E-state index contributed by atoms with van der Waals surface area (Å²) in [6, 6.07) is 0.287. The van der Waals surface area contributed by atoms with Crippen molar-refractivity contribution in [3.63, 3.8) is 0 Å². The summed E-state index contributed by atoms with van der Waals surface area (Å²) >= 11 is 0. The second-order valence-corrected chi connectivity index (χ2v) is 18.7. The van der Waals surface area contributed by atoms with Crippen molar-refractivity contribution < 1.29 is 4.79 Å². The minimum atomic E-state index is 0.287. The molecule has 3 aliphatic carbocycles. The molecule has 3 saturated carbocycles. The summed E-state index contributed by atoms with van der Waals surface area (Å²) in [5.41, 5.74) is 18.1. The van der Waals surface area contributed by atoms with Gasteiger partial charge < -0.3 is 43.0 Å². The van der Waals surface area contributed by atoms with Crippen LogP contribution < -0.4 is 33.2 Å². The highest BCUT2D eigenvalue weighted by atomic mass is 16.2. The monoisotopic (exact) mass is 842 g/mol. The number of rotatable bonds is 40. The molecule has 0 unspecified atom stereocenters. The van der Waals surface area contributed by atoms with Gasteiger partial charge in [0, 0.05) is 65.4 Å². The molecular formula is C48H95N11O. The van der Waals surface area contributed by atoms with Gasteiger partial charge in [0.2, 0.25) is 0 Å². The van der Waals surface area contributed by atoms with Gasteiger partial charge in [0.25, 0.3) is 0 Å². The Hall–Kier alpha value is -2.92. The standard InChI is InChI=1S/C48H95N11O/c1-2-3-4-5-15-22-35-58(36-23-16-9-6-12-19-32-52-45(49)55-39-42-26-27-42)48(60)59(37-24-17-10-7-13-20-33-53-46(50)56-40-43-28-29-43)38-25-18-11-8-14-21-34-54-47(51)57-41-44-30-31-44/h42-44H,2-41H2,1H3,(H3,49,52,55)(H3,50,53,56)(H3,51,54,57). The molecular weight excluding hydrogens is 747 g/mol. The zero-order valence-corrected chi connectivity index (χ0v) is 38.9. The van der Waals surface area contributed by atoms with Gasteiger partial charge in [0.1, 0.15) is 0 Å². The van der Waals surface area contributed by atoms with E-state index in [-0.39, 0.29) is 6.03 Å². The number of nitrogens with zero attached hydrogens (tertiary/aromatic N) is 5. The number of hydrogen-bond acceptors (Lipinski definition) is 4. The lowest BCUT2D eigenvalue weighted by molar-refractivity contribution is 0.148. The minimum absolute atomic E-state index is 0.287. The molecule has 0 atom stereocenters. The van der Waals surface area contributed by atoms with Crippen LogP contribution in [0.25, 0.3) is 0 Å². The van der Waals surface area contributed by atoms with Crippen LogP contribution in [0.5, 0.6) is 0 Å². The molecule has 12 heteroatoms. The average Bonchev–Trinajstić information content (AvgIpc) is 4.09. The first-order chi connectivity index (χ1) is 29.4. The maximum Gasteiger partial charge on any atom is 0.319 e. The van der Waals surface area contributed by atoms with Gasteiger partial charge in [-0.3, -0.25) is 15.0 Å². The predicted molar refractivity (Wildman–Crippen MR) is 257 cm³/mol. The maximum absolute atomic E-state index is 14.3. The molecule has 0 aromatic rings. The van der Waals surface area contributed by atoms with Crippen molar-refractivity contribution >= 4 is 23.9 Å². The number of guanidine groups is 3. The number of hydrogen-bond donors (Lipinski definition) is 6. The fraction of sp³-hybridized carbons (Fsp3) is 0.917. The van der Waals surface area contributed by atoms with E-state index in [1.54, 1.807) is 0 Å². The molecule has 3 rings (SSSR count). The molecule has 3 fully saturated rings. The highest BCUT2D eigenvalue weighted by Crippen LogP contribution is 2.29. The smallest absolute Gasteiger partial charge is 0.319 e. The zero-order chi connectivity index (χ0) is 42.7. The number of aliphatic imine (C=N–C) groups is 3. The molecule has 0 aromatic carbocycles. The Kier molecular flexibility index (Phi) is 29.7. The van der Waals surface area contributed by atoms with E-state index >= 15 is 0 Å². The topological polar surface area (TPSA) is 175 Å². The van der Waals surface area contributed by atoms with Crippen molar-refractivity contribution in [2.45, 2.75) is 200 Å². The summed E-state index contributed by atoms with van der Waals surface area (Å²) < 4.78 is 0. The molecule has 12 nitrogen and oxygen atoms in total. The average molecular weight is 842 g/mol. The van der Waals surface area contributed by atoms with E-state index in [1.165, 1.54) is 148 Å². The Morgan fingerprint density at radius 2 is 0.667 bits per heavy atom. The van der Waals surface area contributed by atoms with Crippen LogP contribution in [-0.2, 0) is 0 Å². The summed E-state index contributed by atoms with van der Waals surface area (Å²) in [7, 11) is 0. The lowest BCUT2D eigenvalue weighted by Gasteiger charge is -2.31. The van der Waals surface area contributed by atoms with Gasteiger partial charge in [-0.15, -0.1) is 0 Å². The second kappa shape index (κ2) is 34.6. The van der Waals surface area contributed by atoms with Crippen LogP contribution in [0.15, 0.2) is 15.0 Å².